The van der Waals surface area contributed by atoms with E-state index in [4.69, 9.17) is 4.42 Å². The van der Waals surface area contributed by atoms with E-state index < -0.39 is 0 Å². The van der Waals surface area contributed by atoms with Crippen LogP contribution in [0.15, 0.2) is 39.8 Å². The van der Waals surface area contributed by atoms with Crippen molar-refractivity contribution in [1.82, 2.24) is 14.9 Å². The Bertz CT molecular complexity index is 988. The highest BCUT2D eigenvalue weighted by Gasteiger charge is 2.21. The smallest absolute Gasteiger partial charge is 0.297 e. The minimum atomic E-state index is -0.326. The molecule has 0 aliphatic heterocycles. The second kappa shape index (κ2) is 6.35. The molecule has 3 aromatic rings. The number of hydrogen-bond donors (Lipinski definition) is 1. The summed E-state index contributed by atoms with van der Waals surface area (Å²) in [5.74, 6) is 0.480. The van der Waals surface area contributed by atoms with Crippen molar-refractivity contribution in [3.05, 3.63) is 40.9 Å². The molecule has 25 heavy (non-hydrogen) atoms. The molecule has 4 rings (SSSR count). The Morgan fingerprint density at radius 1 is 1.36 bits per heavy atom. The van der Waals surface area contributed by atoms with Gasteiger partial charge in [0.05, 0.1) is 6.33 Å². The van der Waals surface area contributed by atoms with E-state index in [0.717, 1.165) is 24.6 Å². The van der Waals surface area contributed by atoms with Crippen LogP contribution in [-0.4, -0.2) is 21.5 Å². The van der Waals surface area contributed by atoms with Gasteiger partial charge in [-0.1, -0.05) is 31.9 Å². The zero-order valence-electron chi connectivity index (χ0n) is 14.2. The van der Waals surface area contributed by atoms with Crippen molar-refractivity contribution >= 4 is 28.0 Å². The summed E-state index contributed by atoms with van der Waals surface area (Å²) >= 11 is 0. The summed E-state index contributed by atoms with van der Waals surface area (Å²) in [5, 5.41) is 3.85. The quantitative estimate of drug-likeness (QED) is 0.796. The normalized spacial score (nSPS) is 20.8. The van der Waals surface area contributed by atoms with Crippen molar-refractivity contribution in [3.8, 4) is 0 Å². The second-order valence-electron chi connectivity index (χ2n) is 6.99. The third-order valence-corrected chi connectivity index (χ3v) is 4.97. The van der Waals surface area contributed by atoms with Crippen molar-refractivity contribution < 1.29 is 9.21 Å². The van der Waals surface area contributed by atoms with Crippen LogP contribution in [-0.2, 0) is 11.3 Å². The Morgan fingerprint density at radius 3 is 3.04 bits per heavy atom. The Hall–Kier alpha value is -2.63. The molecular formula is C19H21N3O3. The molecule has 1 aliphatic carbocycles. The number of carbonyl (C=O) groups is 1. The Morgan fingerprint density at radius 2 is 2.20 bits per heavy atom. The number of rotatable bonds is 3. The van der Waals surface area contributed by atoms with E-state index in [2.05, 4.69) is 17.2 Å². The number of furan rings is 1. The highest BCUT2D eigenvalue weighted by Crippen LogP contribution is 2.24. The molecule has 6 heteroatoms. The van der Waals surface area contributed by atoms with Gasteiger partial charge < -0.3 is 9.73 Å². The van der Waals surface area contributed by atoms with Crippen LogP contribution < -0.4 is 10.9 Å². The van der Waals surface area contributed by atoms with Crippen molar-refractivity contribution in [3.63, 3.8) is 0 Å². The van der Waals surface area contributed by atoms with E-state index in [1.165, 1.54) is 17.3 Å². The standard InChI is InChI=1S/C19H21N3O3/c1-12-5-4-6-13(9-12)21-16(23)10-22-11-20-17-14-7-2-3-8-15(14)25-18(17)19(22)24/h2-3,7-8,11-13H,4-6,9-10H2,1H3,(H,21,23). The van der Waals surface area contributed by atoms with E-state index in [9.17, 15) is 9.59 Å². The molecule has 1 fully saturated rings. The summed E-state index contributed by atoms with van der Waals surface area (Å²) in [7, 11) is 0. The fourth-order valence-electron chi connectivity index (χ4n) is 3.72. The molecule has 1 aromatic carbocycles. The zero-order chi connectivity index (χ0) is 17.4. The van der Waals surface area contributed by atoms with Crippen molar-refractivity contribution in [1.29, 1.82) is 0 Å². The second-order valence-corrected chi connectivity index (χ2v) is 6.99. The first-order chi connectivity index (χ1) is 12.1. The van der Waals surface area contributed by atoms with Gasteiger partial charge >= 0.3 is 0 Å². The first-order valence-electron chi connectivity index (χ1n) is 8.78. The van der Waals surface area contributed by atoms with Crippen LogP contribution in [0.1, 0.15) is 32.6 Å². The minimum Gasteiger partial charge on any atom is -0.448 e. The lowest BCUT2D eigenvalue weighted by atomic mass is 9.87. The molecule has 2 aromatic heterocycles. The van der Waals surface area contributed by atoms with Gasteiger partial charge in [-0.3, -0.25) is 14.2 Å². The van der Waals surface area contributed by atoms with Gasteiger partial charge in [0.1, 0.15) is 17.6 Å². The first-order valence-corrected chi connectivity index (χ1v) is 8.78. The van der Waals surface area contributed by atoms with Gasteiger partial charge in [-0.05, 0) is 30.9 Å². The average Bonchev–Trinajstić information content (AvgIpc) is 2.97. The van der Waals surface area contributed by atoms with Crippen LogP contribution in [0.5, 0.6) is 0 Å². The highest BCUT2D eigenvalue weighted by molar-refractivity contribution is 6.01. The van der Waals surface area contributed by atoms with E-state index >= 15 is 0 Å². The Labute approximate surface area is 144 Å². The third kappa shape index (κ3) is 3.04. The van der Waals surface area contributed by atoms with E-state index in [0.29, 0.717) is 17.0 Å². The molecule has 0 saturated heterocycles. The van der Waals surface area contributed by atoms with Crippen LogP contribution in [0.2, 0.25) is 0 Å². The highest BCUT2D eigenvalue weighted by atomic mass is 16.3. The first kappa shape index (κ1) is 15.9. The molecule has 2 heterocycles. The van der Waals surface area contributed by atoms with E-state index in [1.807, 2.05) is 18.2 Å². The number of nitrogens with one attached hydrogen (secondary N) is 1. The fourth-order valence-corrected chi connectivity index (χ4v) is 3.72. The van der Waals surface area contributed by atoms with Gasteiger partial charge in [-0.15, -0.1) is 0 Å². The number of carbonyl (C=O) groups excluding carboxylic acids is 1. The molecule has 1 aliphatic rings. The largest absolute Gasteiger partial charge is 0.448 e. The maximum Gasteiger partial charge on any atom is 0.297 e. The van der Waals surface area contributed by atoms with Gasteiger partial charge in [0, 0.05) is 11.4 Å². The molecular weight excluding hydrogens is 318 g/mol. The zero-order valence-corrected chi connectivity index (χ0v) is 14.2. The van der Waals surface area contributed by atoms with Crippen molar-refractivity contribution in [2.75, 3.05) is 0 Å². The molecule has 0 radical (unpaired) electrons. The van der Waals surface area contributed by atoms with Gasteiger partial charge in [0.25, 0.3) is 5.56 Å². The Kier molecular flexibility index (Phi) is 4.03. The van der Waals surface area contributed by atoms with E-state index in [1.54, 1.807) is 6.07 Å². The van der Waals surface area contributed by atoms with E-state index in [-0.39, 0.29) is 29.6 Å². The van der Waals surface area contributed by atoms with Crippen LogP contribution >= 0.6 is 0 Å². The van der Waals surface area contributed by atoms with Crippen molar-refractivity contribution in [2.45, 2.75) is 45.2 Å². The Balaban J connectivity index is 1.57. The number of benzene rings is 1. The number of nitrogens with zero attached hydrogens (tertiary/aromatic N) is 2. The summed E-state index contributed by atoms with van der Waals surface area (Å²) in [6, 6.07) is 7.60. The number of fused-ring (bicyclic) bond motifs is 3. The minimum absolute atomic E-state index is 0.0380. The molecule has 2 unspecified atom stereocenters. The molecule has 6 nitrogen and oxygen atoms in total. The number of para-hydroxylation sites is 1. The van der Waals surface area contributed by atoms with Gasteiger partial charge in [0.2, 0.25) is 11.5 Å². The van der Waals surface area contributed by atoms with Gasteiger partial charge in [-0.25, -0.2) is 4.98 Å². The lowest BCUT2D eigenvalue weighted by Gasteiger charge is -2.27. The van der Waals surface area contributed by atoms with Gasteiger partial charge in [0.15, 0.2) is 0 Å². The molecule has 0 bridgehead atoms. The van der Waals surface area contributed by atoms with Gasteiger partial charge in [-0.2, -0.15) is 0 Å². The monoisotopic (exact) mass is 339 g/mol. The summed E-state index contributed by atoms with van der Waals surface area (Å²) in [6.45, 7) is 2.17. The SMILES string of the molecule is CC1CCCC(NC(=O)Cn2cnc3c(oc4ccccc43)c2=O)C1. The van der Waals surface area contributed by atoms with Crippen LogP contribution in [0.4, 0.5) is 0 Å². The molecule has 130 valence electrons. The lowest BCUT2D eigenvalue weighted by molar-refractivity contribution is -0.122. The number of aromatic nitrogens is 2. The molecule has 2 atom stereocenters. The topological polar surface area (TPSA) is 77.1 Å². The maximum atomic E-state index is 12.6. The molecule has 1 N–H and O–H groups in total. The maximum absolute atomic E-state index is 12.6. The summed E-state index contributed by atoms with van der Waals surface area (Å²) in [5.41, 5.74) is 1.04. The predicted octanol–water partition coefficient (Wildman–Crippen LogP) is 2.84. The summed E-state index contributed by atoms with van der Waals surface area (Å²) in [6.07, 6.45) is 5.79. The summed E-state index contributed by atoms with van der Waals surface area (Å²) in [4.78, 5) is 29.3. The predicted molar refractivity (Wildman–Crippen MR) is 95.3 cm³/mol. The van der Waals surface area contributed by atoms with Crippen molar-refractivity contribution in [2.24, 2.45) is 5.92 Å². The van der Waals surface area contributed by atoms with Crippen LogP contribution in [0.25, 0.3) is 22.1 Å². The fraction of sp³-hybridized carbons (Fsp3) is 0.421. The van der Waals surface area contributed by atoms with Crippen LogP contribution in [0.3, 0.4) is 0 Å². The third-order valence-electron chi connectivity index (χ3n) is 4.97. The number of amides is 1. The molecule has 0 spiro atoms. The molecule has 1 amide bonds. The number of hydrogen-bond acceptors (Lipinski definition) is 4. The molecule has 1 saturated carbocycles. The lowest BCUT2D eigenvalue weighted by Crippen LogP contribution is -2.41. The van der Waals surface area contributed by atoms with Crippen LogP contribution in [0, 0.1) is 5.92 Å². The average molecular weight is 339 g/mol. The summed E-state index contributed by atoms with van der Waals surface area (Å²) < 4.78 is 6.95.